The largest absolute Gasteiger partial charge is 0.443 e. The van der Waals surface area contributed by atoms with Crippen LogP contribution in [0.5, 0.6) is 0 Å². The van der Waals surface area contributed by atoms with Gasteiger partial charge in [0.1, 0.15) is 17.2 Å². The van der Waals surface area contributed by atoms with Crippen molar-refractivity contribution in [3.05, 3.63) is 75.7 Å². The van der Waals surface area contributed by atoms with E-state index in [9.17, 15) is 28.4 Å². The smallest absolute Gasteiger partial charge is 0.420 e. The maximum Gasteiger partial charge on any atom is 0.420 e. The summed E-state index contributed by atoms with van der Waals surface area (Å²) in [5, 5.41) is 2.70. The number of benzene rings is 1. The predicted octanol–water partition coefficient (Wildman–Crippen LogP) is 4.54. The van der Waals surface area contributed by atoms with Crippen LogP contribution in [0.25, 0.3) is 11.0 Å². The number of pyridine rings is 1. The van der Waals surface area contributed by atoms with Crippen molar-refractivity contribution < 1.29 is 28.3 Å². The zero-order chi connectivity index (χ0) is 35.9. The number of ether oxygens (including phenoxy) is 1. The molecule has 1 atom stereocenters. The zero-order valence-electron chi connectivity index (χ0n) is 29.3. The Hall–Kier alpha value is -4.81. The van der Waals surface area contributed by atoms with E-state index in [-0.39, 0.29) is 53.9 Å². The summed E-state index contributed by atoms with van der Waals surface area (Å²) in [6.45, 7) is 8.97. The molecular weight excluding hydrogens is 619 g/mol. The second kappa shape index (κ2) is 15.9. The number of hydrogen-bond donors (Lipinski definition) is 1. The van der Waals surface area contributed by atoms with Crippen molar-refractivity contribution in [2.45, 2.75) is 78.5 Å². The molecule has 3 amide bonds. The molecule has 0 bridgehead atoms. The topological polar surface area (TPSA) is 136 Å². The lowest BCUT2D eigenvalue weighted by Gasteiger charge is -2.21. The first-order valence-electron chi connectivity index (χ1n) is 15.9. The standard InChI is InChI=1S/C35H47FN6O6/c1-22(2)17-24-18-25(36)20-27-31(24)38-29(42(27)34(47)48-35(3,4)5)21-41-16-12-13-23(32(41)45)19-28(43)26(37-33(46)40(8)9)14-10-11-15-30(44)39(6)7/h11-13,15-16,18,20,22,26H,10,14,17,19,21H2,1-9H3,(H,37,46)/b15-11+/t26-/m0/s1. The average Bonchev–Trinajstić information content (AvgIpc) is 3.33. The number of Topliss-reactive ketones (excluding diaryl/α,β-unsaturated/α-hetero) is 1. The van der Waals surface area contributed by atoms with Crippen LogP contribution in [0.1, 0.15) is 64.4 Å². The molecular formula is C35H47FN6O6. The van der Waals surface area contributed by atoms with Gasteiger partial charge < -0.3 is 24.4 Å². The number of aromatic nitrogens is 3. The first kappa shape index (κ1) is 37.6. The fourth-order valence-electron chi connectivity index (χ4n) is 4.97. The van der Waals surface area contributed by atoms with E-state index in [0.717, 1.165) is 0 Å². The van der Waals surface area contributed by atoms with Gasteiger partial charge in [-0.05, 0) is 69.7 Å². The molecule has 48 heavy (non-hydrogen) atoms. The minimum absolute atomic E-state index is 0.163. The first-order valence-corrected chi connectivity index (χ1v) is 15.9. The summed E-state index contributed by atoms with van der Waals surface area (Å²) in [7, 11) is 6.35. The molecule has 0 radical (unpaired) electrons. The highest BCUT2D eigenvalue weighted by Gasteiger charge is 2.26. The lowest BCUT2D eigenvalue weighted by Crippen LogP contribution is -2.46. The Bertz CT molecular complexity index is 1750. The summed E-state index contributed by atoms with van der Waals surface area (Å²) in [4.78, 5) is 72.4. The Morgan fingerprint density at radius 2 is 1.75 bits per heavy atom. The molecule has 2 aromatic heterocycles. The Balaban J connectivity index is 1.98. The molecule has 0 spiro atoms. The van der Waals surface area contributed by atoms with Crippen LogP contribution in [0.2, 0.25) is 0 Å². The zero-order valence-corrected chi connectivity index (χ0v) is 29.3. The van der Waals surface area contributed by atoms with Crippen molar-refractivity contribution >= 4 is 34.8 Å². The average molecular weight is 667 g/mol. The van der Waals surface area contributed by atoms with Crippen LogP contribution in [0.15, 0.2) is 47.4 Å². The maximum absolute atomic E-state index is 14.8. The van der Waals surface area contributed by atoms with Gasteiger partial charge in [0, 0.05) is 52.4 Å². The van der Waals surface area contributed by atoms with Crippen LogP contribution < -0.4 is 10.9 Å². The third-order valence-electron chi connectivity index (χ3n) is 7.27. The molecule has 0 fully saturated rings. The molecule has 0 aliphatic rings. The third kappa shape index (κ3) is 10.1. The van der Waals surface area contributed by atoms with Crippen molar-refractivity contribution in [2.75, 3.05) is 28.2 Å². The summed E-state index contributed by atoms with van der Waals surface area (Å²) < 4.78 is 23.0. The lowest BCUT2D eigenvalue weighted by molar-refractivity contribution is -0.123. The highest BCUT2D eigenvalue weighted by Crippen LogP contribution is 2.26. The van der Waals surface area contributed by atoms with Crippen LogP contribution in [-0.4, -0.2) is 87.6 Å². The van der Waals surface area contributed by atoms with E-state index in [1.54, 1.807) is 61.1 Å². The van der Waals surface area contributed by atoms with E-state index in [1.165, 1.54) is 49.4 Å². The molecule has 0 aliphatic heterocycles. The molecule has 3 rings (SSSR count). The van der Waals surface area contributed by atoms with Gasteiger partial charge in [0.2, 0.25) is 5.91 Å². The van der Waals surface area contributed by atoms with Crippen LogP contribution in [-0.2, 0) is 33.7 Å². The molecule has 1 aromatic carbocycles. The van der Waals surface area contributed by atoms with Crippen molar-refractivity contribution in [2.24, 2.45) is 5.92 Å². The molecule has 0 saturated carbocycles. The van der Waals surface area contributed by atoms with Gasteiger partial charge in [-0.2, -0.15) is 0 Å². The lowest BCUT2D eigenvalue weighted by atomic mass is 10.0. The summed E-state index contributed by atoms with van der Waals surface area (Å²) in [5.74, 6) is -0.771. The van der Waals surface area contributed by atoms with Gasteiger partial charge in [-0.15, -0.1) is 0 Å². The summed E-state index contributed by atoms with van der Waals surface area (Å²) >= 11 is 0. The monoisotopic (exact) mass is 666 g/mol. The normalized spacial score (nSPS) is 12.4. The molecule has 260 valence electrons. The molecule has 0 saturated heterocycles. The van der Waals surface area contributed by atoms with Gasteiger partial charge in [-0.25, -0.2) is 23.5 Å². The quantitative estimate of drug-likeness (QED) is 0.281. The van der Waals surface area contributed by atoms with E-state index < -0.39 is 35.1 Å². The molecule has 0 unspecified atom stereocenters. The number of ketones is 1. The predicted molar refractivity (Wildman–Crippen MR) is 181 cm³/mol. The van der Waals surface area contributed by atoms with Crippen LogP contribution in [0.3, 0.4) is 0 Å². The van der Waals surface area contributed by atoms with E-state index in [0.29, 0.717) is 23.9 Å². The fourth-order valence-corrected chi connectivity index (χ4v) is 4.97. The van der Waals surface area contributed by atoms with Gasteiger partial charge >= 0.3 is 12.1 Å². The van der Waals surface area contributed by atoms with Crippen LogP contribution >= 0.6 is 0 Å². The second-order valence-corrected chi connectivity index (χ2v) is 13.6. The SMILES string of the molecule is CC(C)Cc1cc(F)cc2c1nc(Cn1cccc(CC(=O)[C@H](CC/C=C/C(=O)N(C)C)NC(=O)N(C)C)c1=O)n2C(=O)OC(C)(C)C. The summed E-state index contributed by atoms with van der Waals surface area (Å²) in [5.41, 5.74) is 0.128. The van der Waals surface area contributed by atoms with E-state index in [2.05, 4.69) is 5.32 Å². The Morgan fingerprint density at radius 3 is 2.35 bits per heavy atom. The number of amides is 3. The van der Waals surface area contributed by atoms with E-state index in [1.807, 2.05) is 13.8 Å². The number of nitrogens with zero attached hydrogens (tertiary/aromatic N) is 5. The molecule has 12 nitrogen and oxygen atoms in total. The van der Waals surface area contributed by atoms with E-state index in [4.69, 9.17) is 9.72 Å². The number of nitrogens with one attached hydrogen (secondary N) is 1. The fraction of sp³-hybridized carbons (Fsp3) is 0.486. The number of likely N-dealkylation sites (N-methyl/N-ethyl adjacent to an activating group) is 1. The van der Waals surface area contributed by atoms with Gasteiger partial charge in [0.15, 0.2) is 5.78 Å². The number of imidazole rings is 1. The number of carbonyl (C=O) groups excluding carboxylic acids is 4. The van der Waals surface area contributed by atoms with Crippen LogP contribution in [0.4, 0.5) is 14.0 Å². The highest BCUT2D eigenvalue weighted by molar-refractivity contribution is 5.91. The molecule has 1 N–H and O–H groups in total. The molecule has 3 aromatic rings. The number of urea groups is 1. The number of hydrogen-bond acceptors (Lipinski definition) is 7. The minimum Gasteiger partial charge on any atom is -0.443 e. The van der Waals surface area contributed by atoms with Gasteiger partial charge in [-0.1, -0.05) is 26.0 Å². The number of halogens is 1. The molecule has 2 heterocycles. The minimum atomic E-state index is -0.919. The number of fused-ring (bicyclic) bond motifs is 1. The van der Waals surface area contributed by atoms with Crippen molar-refractivity contribution in [3.63, 3.8) is 0 Å². The molecule has 0 aliphatic carbocycles. The highest BCUT2D eigenvalue weighted by atomic mass is 19.1. The second-order valence-electron chi connectivity index (χ2n) is 13.6. The Kier molecular flexibility index (Phi) is 12.4. The number of rotatable bonds is 12. The summed E-state index contributed by atoms with van der Waals surface area (Å²) in [6.07, 6.45) is 4.58. The van der Waals surface area contributed by atoms with Crippen molar-refractivity contribution in [1.29, 1.82) is 0 Å². The van der Waals surface area contributed by atoms with Gasteiger partial charge in [-0.3, -0.25) is 14.4 Å². The summed E-state index contributed by atoms with van der Waals surface area (Å²) in [6, 6.07) is 4.38. The maximum atomic E-state index is 14.8. The van der Waals surface area contributed by atoms with Crippen LogP contribution in [0, 0.1) is 11.7 Å². The van der Waals surface area contributed by atoms with Crippen molar-refractivity contribution in [3.8, 4) is 0 Å². The Morgan fingerprint density at radius 1 is 1.06 bits per heavy atom. The first-order chi connectivity index (χ1) is 22.4. The number of allylic oxidation sites excluding steroid dienone is 1. The number of carbonyl (C=O) groups is 4. The van der Waals surface area contributed by atoms with Gasteiger partial charge in [0.05, 0.1) is 23.6 Å². The van der Waals surface area contributed by atoms with E-state index >= 15 is 0 Å². The van der Waals surface area contributed by atoms with Gasteiger partial charge in [0.25, 0.3) is 5.56 Å². The molecule has 13 heteroatoms. The van der Waals surface area contributed by atoms with Crippen molar-refractivity contribution in [1.82, 2.24) is 29.2 Å². The third-order valence-corrected chi connectivity index (χ3v) is 7.27. The Labute approximate surface area is 280 Å².